The Kier molecular flexibility index (Phi) is 8.16. The van der Waals surface area contributed by atoms with Crippen molar-refractivity contribution in [2.24, 2.45) is 10.8 Å². The molecule has 2 fully saturated rings. The number of carbonyl (C=O) groups excluding carboxylic acids is 1. The summed E-state index contributed by atoms with van der Waals surface area (Å²) in [5.41, 5.74) is 2.95. The molecule has 194 valence electrons. The van der Waals surface area contributed by atoms with Crippen LogP contribution in [0.25, 0.3) is 0 Å². The van der Waals surface area contributed by atoms with Crippen molar-refractivity contribution in [3.8, 4) is 6.07 Å². The fraction of sp³-hybridized carbons (Fsp3) is 0.808. The molecule has 3 aliphatic rings. The van der Waals surface area contributed by atoms with Gasteiger partial charge in [0, 0.05) is 51.4 Å². The fourth-order valence-electron chi connectivity index (χ4n) is 6.05. The van der Waals surface area contributed by atoms with Crippen LogP contribution in [0.15, 0.2) is 0 Å². The molecule has 2 heterocycles. The first-order valence-corrected chi connectivity index (χ1v) is 13.0. The lowest BCUT2D eigenvalue weighted by Crippen LogP contribution is -2.42. The average molecular weight is 487 g/mol. The summed E-state index contributed by atoms with van der Waals surface area (Å²) in [7, 11) is 7.66. The van der Waals surface area contributed by atoms with Crippen LogP contribution < -0.4 is 5.32 Å². The number of nitrogens with zero attached hydrogens (tertiary/aromatic N) is 5. The number of fused-ring (bicyclic) bond motifs is 1. The van der Waals surface area contributed by atoms with Gasteiger partial charge >= 0.3 is 0 Å². The van der Waals surface area contributed by atoms with Crippen LogP contribution in [-0.2, 0) is 33.9 Å². The highest BCUT2D eigenvalue weighted by atomic mass is 16.5. The number of rotatable bonds is 11. The first-order chi connectivity index (χ1) is 16.9. The van der Waals surface area contributed by atoms with Gasteiger partial charge in [-0.1, -0.05) is 0 Å². The number of aromatic nitrogens is 2. The van der Waals surface area contributed by atoms with Crippen molar-refractivity contribution in [3.63, 3.8) is 0 Å². The van der Waals surface area contributed by atoms with Gasteiger partial charge in [0.2, 0.25) is 5.91 Å². The Morgan fingerprint density at radius 1 is 1.20 bits per heavy atom. The number of amides is 1. The number of hydrogen-bond acceptors (Lipinski definition) is 7. The molecule has 4 rings (SSSR count). The molecular formula is C26H42N6O3. The van der Waals surface area contributed by atoms with Gasteiger partial charge < -0.3 is 19.7 Å². The molecule has 1 N–H and O–H groups in total. The predicted octanol–water partition coefficient (Wildman–Crippen LogP) is 2.12. The Labute approximate surface area is 209 Å². The molecule has 0 spiro atoms. The Balaban J connectivity index is 1.59. The van der Waals surface area contributed by atoms with Crippen LogP contribution in [-0.4, -0.2) is 86.7 Å². The van der Waals surface area contributed by atoms with E-state index in [1.165, 1.54) is 11.3 Å². The summed E-state index contributed by atoms with van der Waals surface area (Å²) in [5, 5.41) is 17.9. The van der Waals surface area contributed by atoms with E-state index in [-0.39, 0.29) is 11.3 Å². The van der Waals surface area contributed by atoms with Crippen LogP contribution >= 0.6 is 0 Å². The molecular weight excluding hydrogens is 444 g/mol. The summed E-state index contributed by atoms with van der Waals surface area (Å²) in [5.74, 6) is 0.420. The molecule has 0 atom stereocenters. The second kappa shape index (κ2) is 11.0. The summed E-state index contributed by atoms with van der Waals surface area (Å²) >= 11 is 0. The van der Waals surface area contributed by atoms with Crippen molar-refractivity contribution in [3.05, 3.63) is 17.0 Å². The standard InChI is InChI=1S/C26H42N6O3/c1-28-11-12-30(2)15-21-23(20-5-7-25(8-6-20,18-34-3)19-35-4)22-16-31(13-14-32(22)29-21)24(33)26(17-27)9-10-26/h20,28H,5-16,18-19H2,1-4H3. The number of ether oxygens (including phenoxy) is 2. The Morgan fingerprint density at radius 2 is 1.89 bits per heavy atom. The lowest BCUT2D eigenvalue weighted by Gasteiger charge is -2.40. The predicted molar refractivity (Wildman–Crippen MR) is 133 cm³/mol. The van der Waals surface area contributed by atoms with Crippen molar-refractivity contribution in [1.29, 1.82) is 5.26 Å². The maximum atomic E-state index is 13.2. The third-order valence-corrected chi connectivity index (χ3v) is 8.28. The molecule has 2 aliphatic carbocycles. The number of methoxy groups -OCH3 is 2. The van der Waals surface area contributed by atoms with Gasteiger partial charge in [-0.25, -0.2) is 0 Å². The van der Waals surface area contributed by atoms with Crippen LogP contribution in [0.5, 0.6) is 0 Å². The molecule has 35 heavy (non-hydrogen) atoms. The Bertz CT molecular complexity index is 918. The maximum Gasteiger partial charge on any atom is 0.243 e. The molecule has 1 aliphatic heterocycles. The first kappa shape index (κ1) is 26.1. The second-order valence-electron chi connectivity index (χ2n) is 10.9. The van der Waals surface area contributed by atoms with E-state index in [9.17, 15) is 10.1 Å². The molecule has 0 saturated heterocycles. The van der Waals surface area contributed by atoms with E-state index in [4.69, 9.17) is 14.6 Å². The number of hydrogen-bond donors (Lipinski definition) is 1. The largest absolute Gasteiger partial charge is 0.384 e. The SMILES string of the molecule is CNCCN(C)Cc1nn2c(c1C1CCC(COC)(COC)CC1)CN(C(=O)C1(C#N)CC1)CC2. The Hall–Kier alpha value is -1.99. The number of likely N-dealkylation sites (N-methyl/N-ethyl adjacent to an activating group) is 2. The fourth-order valence-corrected chi connectivity index (χ4v) is 6.05. The second-order valence-corrected chi connectivity index (χ2v) is 10.9. The van der Waals surface area contributed by atoms with Gasteiger partial charge in [-0.15, -0.1) is 0 Å². The maximum absolute atomic E-state index is 13.2. The van der Waals surface area contributed by atoms with Crippen LogP contribution in [0, 0.1) is 22.2 Å². The highest BCUT2D eigenvalue weighted by Crippen LogP contribution is 2.48. The average Bonchev–Trinajstić information content (AvgIpc) is 3.58. The normalized spacial score (nSPS) is 21.1. The topological polar surface area (TPSA) is 95.7 Å². The minimum Gasteiger partial charge on any atom is -0.384 e. The van der Waals surface area contributed by atoms with Crippen LogP contribution in [0.2, 0.25) is 0 Å². The molecule has 1 aromatic heterocycles. The van der Waals surface area contributed by atoms with E-state index >= 15 is 0 Å². The van der Waals surface area contributed by atoms with Gasteiger partial charge in [0.25, 0.3) is 0 Å². The summed E-state index contributed by atoms with van der Waals surface area (Å²) < 4.78 is 13.3. The zero-order valence-corrected chi connectivity index (χ0v) is 21.9. The summed E-state index contributed by atoms with van der Waals surface area (Å²) in [4.78, 5) is 17.4. The van der Waals surface area contributed by atoms with E-state index in [1.54, 1.807) is 14.2 Å². The van der Waals surface area contributed by atoms with Crippen molar-refractivity contribution in [2.45, 2.75) is 64.1 Å². The van der Waals surface area contributed by atoms with Gasteiger partial charge in [0.1, 0.15) is 5.41 Å². The summed E-state index contributed by atoms with van der Waals surface area (Å²) in [6.45, 7) is 5.99. The van der Waals surface area contributed by atoms with Gasteiger partial charge in [-0.3, -0.25) is 14.4 Å². The van der Waals surface area contributed by atoms with Crippen molar-refractivity contribution in [2.75, 3.05) is 61.2 Å². The monoisotopic (exact) mass is 486 g/mol. The van der Waals surface area contributed by atoms with Crippen LogP contribution in [0.4, 0.5) is 0 Å². The van der Waals surface area contributed by atoms with Gasteiger partial charge in [0.15, 0.2) is 0 Å². The summed E-state index contributed by atoms with van der Waals surface area (Å²) in [6, 6.07) is 2.29. The quantitative estimate of drug-likeness (QED) is 0.512. The third kappa shape index (κ3) is 5.41. The summed E-state index contributed by atoms with van der Waals surface area (Å²) in [6.07, 6.45) is 5.62. The lowest BCUT2D eigenvalue weighted by molar-refractivity contribution is -0.136. The molecule has 9 heteroatoms. The smallest absolute Gasteiger partial charge is 0.243 e. The van der Waals surface area contributed by atoms with Gasteiger partial charge in [0.05, 0.1) is 43.8 Å². The van der Waals surface area contributed by atoms with E-state index in [2.05, 4.69) is 28.0 Å². The molecule has 1 amide bonds. The molecule has 0 aromatic carbocycles. The molecule has 9 nitrogen and oxygen atoms in total. The number of nitrogens with one attached hydrogen (secondary N) is 1. The van der Waals surface area contributed by atoms with Gasteiger partial charge in [-0.2, -0.15) is 10.4 Å². The lowest BCUT2D eigenvalue weighted by atomic mass is 9.69. The van der Waals surface area contributed by atoms with E-state index < -0.39 is 5.41 Å². The molecule has 2 saturated carbocycles. The number of carbonyl (C=O) groups is 1. The highest BCUT2D eigenvalue weighted by molar-refractivity contribution is 5.88. The third-order valence-electron chi connectivity index (χ3n) is 8.28. The minimum atomic E-state index is -0.775. The van der Waals surface area contributed by atoms with Crippen LogP contribution in [0.1, 0.15) is 61.4 Å². The van der Waals surface area contributed by atoms with Crippen molar-refractivity contribution in [1.82, 2.24) is 24.9 Å². The van der Waals surface area contributed by atoms with Crippen molar-refractivity contribution < 1.29 is 14.3 Å². The molecule has 0 bridgehead atoms. The van der Waals surface area contributed by atoms with Crippen molar-refractivity contribution >= 4 is 5.91 Å². The first-order valence-electron chi connectivity index (χ1n) is 13.0. The van der Waals surface area contributed by atoms with E-state index in [0.717, 1.165) is 64.2 Å². The zero-order chi connectivity index (χ0) is 25.1. The van der Waals surface area contributed by atoms with Crippen LogP contribution in [0.3, 0.4) is 0 Å². The Morgan fingerprint density at radius 3 is 2.46 bits per heavy atom. The molecule has 0 radical (unpaired) electrons. The highest BCUT2D eigenvalue weighted by Gasteiger charge is 2.53. The number of nitriles is 1. The minimum absolute atomic E-state index is 0.00828. The molecule has 0 unspecified atom stereocenters. The van der Waals surface area contributed by atoms with E-state index in [0.29, 0.717) is 38.4 Å². The zero-order valence-electron chi connectivity index (χ0n) is 21.9. The molecule has 1 aromatic rings. The van der Waals surface area contributed by atoms with Gasteiger partial charge in [-0.05, 0) is 58.5 Å². The van der Waals surface area contributed by atoms with E-state index in [1.807, 2.05) is 11.9 Å².